The molecule has 0 aromatic heterocycles. The molecule has 2 atom stereocenters. The van der Waals surface area contributed by atoms with Crippen LogP contribution in [0.4, 0.5) is 0 Å². The van der Waals surface area contributed by atoms with Gasteiger partial charge in [0.1, 0.15) is 0 Å². The van der Waals surface area contributed by atoms with Gasteiger partial charge in [-0.1, -0.05) is 11.6 Å². The molecular formula is C14H22O2. The quantitative estimate of drug-likeness (QED) is 0.691. The largest absolute Gasteiger partial charge is 0.389 e. The van der Waals surface area contributed by atoms with E-state index in [-0.39, 0.29) is 11.7 Å². The topological polar surface area (TPSA) is 29.5 Å². The van der Waals surface area contributed by atoms with E-state index in [1.54, 1.807) is 0 Å². The number of aliphatic hydroxyl groups excluding tert-OH is 1. The van der Waals surface area contributed by atoms with Crippen molar-refractivity contribution in [3.8, 4) is 0 Å². The van der Waals surface area contributed by atoms with Crippen LogP contribution in [-0.4, -0.2) is 23.4 Å². The van der Waals surface area contributed by atoms with Gasteiger partial charge < -0.3 is 9.84 Å². The van der Waals surface area contributed by atoms with E-state index in [4.69, 9.17) is 4.74 Å². The van der Waals surface area contributed by atoms with Crippen LogP contribution in [0.15, 0.2) is 11.6 Å². The molecule has 2 heteroatoms. The highest BCUT2D eigenvalue weighted by Gasteiger charge is 2.43. The average molecular weight is 222 g/mol. The highest BCUT2D eigenvalue weighted by molar-refractivity contribution is 5.15. The van der Waals surface area contributed by atoms with Gasteiger partial charge in [0.25, 0.3) is 0 Å². The molecule has 2 unspecified atom stereocenters. The van der Waals surface area contributed by atoms with Crippen molar-refractivity contribution in [3.63, 3.8) is 0 Å². The minimum atomic E-state index is -0.177. The zero-order valence-corrected chi connectivity index (χ0v) is 9.95. The molecule has 0 aromatic carbocycles. The van der Waals surface area contributed by atoms with E-state index in [0.717, 1.165) is 19.4 Å². The fourth-order valence-electron chi connectivity index (χ4n) is 3.53. The average Bonchev–Trinajstić information content (AvgIpc) is 2.27. The lowest BCUT2D eigenvalue weighted by Gasteiger charge is -2.48. The van der Waals surface area contributed by atoms with Crippen LogP contribution in [0.2, 0.25) is 0 Å². The van der Waals surface area contributed by atoms with Gasteiger partial charge in [0.05, 0.1) is 11.7 Å². The Hall–Kier alpha value is -0.340. The van der Waals surface area contributed by atoms with Crippen molar-refractivity contribution in [2.75, 3.05) is 6.61 Å². The van der Waals surface area contributed by atoms with Crippen molar-refractivity contribution in [2.45, 2.75) is 63.1 Å². The monoisotopic (exact) mass is 222 g/mol. The second-order valence-electron chi connectivity index (χ2n) is 5.78. The summed E-state index contributed by atoms with van der Waals surface area (Å²) in [6, 6.07) is 0. The number of rotatable bonds is 1. The lowest BCUT2D eigenvalue weighted by molar-refractivity contribution is -0.139. The van der Waals surface area contributed by atoms with Crippen LogP contribution < -0.4 is 0 Å². The molecule has 90 valence electrons. The van der Waals surface area contributed by atoms with Crippen LogP contribution in [0, 0.1) is 5.92 Å². The van der Waals surface area contributed by atoms with E-state index in [2.05, 4.69) is 6.08 Å². The summed E-state index contributed by atoms with van der Waals surface area (Å²) in [5, 5.41) is 9.70. The molecule has 1 aliphatic heterocycles. The summed E-state index contributed by atoms with van der Waals surface area (Å²) in [5.74, 6) is 0.698. The third-order valence-corrected chi connectivity index (χ3v) is 4.65. The molecule has 2 aliphatic carbocycles. The van der Waals surface area contributed by atoms with Crippen molar-refractivity contribution in [1.29, 1.82) is 0 Å². The lowest BCUT2D eigenvalue weighted by atomic mass is 9.69. The minimum absolute atomic E-state index is 0.177. The third-order valence-electron chi connectivity index (χ3n) is 4.65. The van der Waals surface area contributed by atoms with Crippen molar-refractivity contribution < 1.29 is 9.84 Å². The zero-order chi connectivity index (χ0) is 11.0. The van der Waals surface area contributed by atoms with Crippen LogP contribution in [-0.2, 0) is 4.74 Å². The van der Waals surface area contributed by atoms with Gasteiger partial charge in [-0.25, -0.2) is 0 Å². The molecule has 1 heterocycles. The van der Waals surface area contributed by atoms with E-state index >= 15 is 0 Å². The van der Waals surface area contributed by atoms with Crippen molar-refractivity contribution in [3.05, 3.63) is 11.6 Å². The maximum atomic E-state index is 9.70. The third kappa shape index (κ3) is 1.93. The van der Waals surface area contributed by atoms with Gasteiger partial charge in [0.2, 0.25) is 0 Å². The Labute approximate surface area is 97.7 Å². The molecule has 3 aliphatic rings. The number of hydrogen-bond donors (Lipinski definition) is 1. The number of ether oxygens (including phenoxy) is 1. The fourth-order valence-corrected chi connectivity index (χ4v) is 3.53. The zero-order valence-electron chi connectivity index (χ0n) is 9.95. The molecule has 16 heavy (non-hydrogen) atoms. The smallest absolute Gasteiger partial charge is 0.0723 e. The first-order valence-corrected chi connectivity index (χ1v) is 6.80. The molecule has 2 fully saturated rings. The summed E-state index contributed by atoms with van der Waals surface area (Å²) in [7, 11) is 0. The number of allylic oxidation sites excluding steroid dienone is 1. The lowest BCUT2D eigenvalue weighted by Crippen LogP contribution is -2.46. The van der Waals surface area contributed by atoms with Crippen LogP contribution in [0.25, 0.3) is 0 Å². The fraction of sp³-hybridized carbons (Fsp3) is 0.857. The highest BCUT2D eigenvalue weighted by Crippen LogP contribution is 2.46. The van der Waals surface area contributed by atoms with Gasteiger partial charge >= 0.3 is 0 Å². The Morgan fingerprint density at radius 3 is 2.81 bits per heavy atom. The first-order valence-electron chi connectivity index (χ1n) is 6.80. The van der Waals surface area contributed by atoms with Crippen LogP contribution in [0.5, 0.6) is 0 Å². The van der Waals surface area contributed by atoms with E-state index in [1.807, 2.05) is 0 Å². The van der Waals surface area contributed by atoms with Crippen LogP contribution in [0.3, 0.4) is 0 Å². The SMILES string of the molecule is OC1C=C(C2CCOC3(CCC3)C2)CCC1. The standard InChI is InChI=1S/C14H22O2/c15-13-4-1-3-11(9-13)12-5-8-16-14(10-12)6-2-7-14/h9,12-13,15H,1-8,10H2. The molecule has 1 N–H and O–H groups in total. The Bertz CT molecular complexity index is 291. The second-order valence-corrected chi connectivity index (χ2v) is 5.78. The Morgan fingerprint density at radius 2 is 2.12 bits per heavy atom. The first-order chi connectivity index (χ1) is 7.77. The Morgan fingerprint density at radius 1 is 1.25 bits per heavy atom. The van der Waals surface area contributed by atoms with Gasteiger partial charge in [-0.2, -0.15) is 0 Å². The molecule has 0 radical (unpaired) electrons. The van der Waals surface area contributed by atoms with Gasteiger partial charge in [0.15, 0.2) is 0 Å². The van der Waals surface area contributed by atoms with E-state index in [0.29, 0.717) is 5.92 Å². The van der Waals surface area contributed by atoms with E-state index in [9.17, 15) is 5.11 Å². The van der Waals surface area contributed by atoms with Crippen LogP contribution in [0.1, 0.15) is 51.4 Å². The van der Waals surface area contributed by atoms with Crippen molar-refractivity contribution in [2.24, 2.45) is 5.92 Å². The summed E-state index contributed by atoms with van der Waals surface area (Å²) in [4.78, 5) is 0. The van der Waals surface area contributed by atoms with Gasteiger partial charge in [-0.15, -0.1) is 0 Å². The number of aliphatic hydroxyl groups is 1. The van der Waals surface area contributed by atoms with Gasteiger partial charge in [0, 0.05) is 6.61 Å². The molecule has 0 bridgehead atoms. The Balaban J connectivity index is 1.69. The maximum absolute atomic E-state index is 9.70. The molecular weight excluding hydrogens is 200 g/mol. The van der Waals surface area contributed by atoms with E-state index < -0.39 is 0 Å². The first kappa shape index (κ1) is 10.8. The molecule has 0 amide bonds. The minimum Gasteiger partial charge on any atom is -0.389 e. The maximum Gasteiger partial charge on any atom is 0.0723 e. The summed E-state index contributed by atoms with van der Waals surface area (Å²) >= 11 is 0. The molecule has 1 saturated heterocycles. The molecule has 1 spiro atoms. The van der Waals surface area contributed by atoms with E-state index in [1.165, 1.54) is 44.1 Å². The van der Waals surface area contributed by atoms with Crippen molar-refractivity contribution in [1.82, 2.24) is 0 Å². The molecule has 0 aromatic rings. The highest BCUT2D eigenvalue weighted by atomic mass is 16.5. The molecule has 3 rings (SSSR count). The van der Waals surface area contributed by atoms with Crippen LogP contribution >= 0.6 is 0 Å². The summed E-state index contributed by atoms with van der Waals surface area (Å²) in [5.41, 5.74) is 1.76. The van der Waals surface area contributed by atoms with Gasteiger partial charge in [-0.05, 0) is 57.3 Å². The second kappa shape index (κ2) is 4.15. The Kier molecular flexibility index (Phi) is 2.80. The molecule has 1 saturated carbocycles. The molecule has 2 nitrogen and oxygen atoms in total. The summed E-state index contributed by atoms with van der Waals surface area (Å²) in [6.45, 7) is 0.929. The summed E-state index contributed by atoms with van der Waals surface area (Å²) < 4.78 is 5.96. The predicted molar refractivity (Wildman–Crippen MR) is 63.2 cm³/mol. The predicted octanol–water partition coefficient (Wildman–Crippen LogP) is 2.81. The van der Waals surface area contributed by atoms with Gasteiger partial charge in [-0.3, -0.25) is 0 Å². The summed E-state index contributed by atoms with van der Waals surface area (Å²) in [6.07, 6.45) is 11.5. The normalized spacial score (nSPS) is 37.9. The van der Waals surface area contributed by atoms with Crippen molar-refractivity contribution >= 4 is 0 Å². The number of hydrogen-bond acceptors (Lipinski definition) is 2.